The van der Waals surface area contributed by atoms with Gasteiger partial charge < -0.3 is 15.4 Å². The summed E-state index contributed by atoms with van der Waals surface area (Å²) in [5, 5.41) is 0. The van der Waals surface area contributed by atoms with Crippen LogP contribution in [0.15, 0.2) is 64.2 Å². The zero-order valence-electron chi connectivity index (χ0n) is 16.8. The molecule has 0 aliphatic rings. The minimum absolute atomic E-state index is 0.000911. The fourth-order valence-corrected chi connectivity index (χ4v) is 3.12. The Bertz CT molecular complexity index is 1220. The first kappa shape index (κ1) is 22.7. The molecule has 0 bridgehead atoms. The number of carbonyl (C=O) groups is 1. The first-order valence-electron chi connectivity index (χ1n) is 9.45. The zero-order valence-corrected chi connectivity index (χ0v) is 16.8. The second-order valence-corrected chi connectivity index (χ2v) is 6.69. The molecule has 1 aromatic heterocycles. The van der Waals surface area contributed by atoms with Gasteiger partial charge in [0.2, 0.25) is 0 Å². The van der Waals surface area contributed by atoms with E-state index < -0.39 is 29.3 Å². The highest BCUT2D eigenvalue weighted by Gasteiger charge is 2.31. The Morgan fingerprint density at radius 3 is 2.28 bits per heavy atom. The van der Waals surface area contributed by atoms with Gasteiger partial charge in [0.05, 0.1) is 6.54 Å². The van der Waals surface area contributed by atoms with Crippen LogP contribution in [0.25, 0.3) is 0 Å². The third kappa shape index (κ3) is 4.99. The number of anilines is 2. The fraction of sp³-hybridized carbons (Fsp3) is 0.190. The SMILES string of the molecule is CCN(C(=O)c1ccc(OC(F)(F)F)cc1)c1c(N)n(Cc2ccccc2)c(=O)[nH]c1=O. The van der Waals surface area contributed by atoms with Gasteiger partial charge in [-0.2, -0.15) is 0 Å². The number of nitrogen functional groups attached to an aromatic ring is 1. The first-order valence-corrected chi connectivity index (χ1v) is 9.45. The van der Waals surface area contributed by atoms with Gasteiger partial charge in [-0.3, -0.25) is 19.1 Å². The van der Waals surface area contributed by atoms with Crippen LogP contribution in [0.2, 0.25) is 0 Å². The second kappa shape index (κ2) is 9.00. The highest BCUT2D eigenvalue weighted by Crippen LogP contribution is 2.24. The van der Waals surface area contributed by atoms with E-state index in [0.29, 0.717) is 0 Å². The van der Waals surface area contributed by atoms with E-state index in [0.717, 1.165) is 39.3 Å². The van der Waals surface area contributed by atoms with Crippen molar-refractivity contribution in [1.82, 2.24) is 9.55 Å². The number of H-pyrrole nitrogens is 1. The summed E-state index contributed by atoms with van der Waals surface area (Å²) in [6.45, 7) is 1.66. The van der Waals surface area contributed by atoms with Crippen molar-refractivity contribution in [2.24, 2.45) is 0 Å². The third-order valence-electron chi connectivity index (χ3n) is 4.56. The van der Waals surface area contributed by atoms with Gasteiger partial charge in [0.25, 0.3) is 11.5 Å². The van der Waals surface area contributed by atoms with Gasteiger partial charge in [-0.25, -0.2) is 4.79 Å². The minimum atomic E-state index is -4.87. The highest BCUT2D eigenvalue weighted by molar-refractivity contribution is 6.07. The molecule has 0 atom stereocenters. The van der Waals surface area contributed by atoms with Crippen LogP contribution in [0.3, 0.4) is 0 Å². The molecule has 3 aromatic rings. The number of nitrogens with one attached hydrogen (secondary N) is 1. The van der Waals surface area contributed by atoms with Crippen LogP contribution in [-0.2, 0) is 6.54 Å². The lowest BCUT2D eigenvalue weighted by atomic mass is 10.1. The van der Waals surface area contributed by atoms with Gasteiger partial charge in [-0.05, 0) is 36.8 Å². The van der Waals surface area contributed by atoms with Gasteiger partial charge >= 0.3 is 12.1 Å². The molecule has 1 amide bonds. The van der Waals surface area contributed by atoms with Crippen LogP contribution in [0.1, 0.15) is 22.8 Å². The van der Waals surface area contributed by atoms with Crippen molar-refractivity contribution in [3.05, 3.63) is 86.6 Å². The van der Waals surface area contributed by atoms with Crippen LogP contribution in [-0.4, -0.2) is 28.4 Å². The van der Waals surface area contributed by atoms with E-state index in [1.165, 1.54) is 0 Å². The monoisotopic (exact) mass is 448 g/mol. The molecule has 0 spiro atoms. The Morgan fingerprint density at radius 2 is 1.72 bits per heavy atom. The summed E-state index contributed by atoms with van der Waals surface area (Å²) in [5.41, 5.74) is 5.04. The number of aromatic amines is 1. The topological polar surface area (TPSA) is 110 Å². The van der Waals surface area contributed by atoms with E-state index in [9.17, 15) is 27.6 Å². The largest absolute Gasteiger partial charge is 0.573 e. The zero-order chi connectivity index (χ0) is 23.5. The average molecular weight is 448 g/mol. The van der Waals surface area contributed by atoms with Crippen molar-refractivity contribution >= 4 is 17.4 Å². The maximum Gasteiger partial charge on any atom is 0.573 e. The Labute approximate surface area is 179 Å². The number of ether oxygens (including phenoxy) is 1. The Balaban J connectivity index is 1.97. The molecule has 1 heterocycles. The Morgan fingerprint density at radius 1 is 1.09 bits per heavy atom. The number of hydrogen-bond acceptors (Lipinski definition) is 5. The van der Waals surface area contributed by atoms with Crippen LogP contribution >= 0.6 is 0 Å². The number of aromatic nitrogens is 2. The van der Waals surface area contributed by atoms with Gasteiger partial charge in [-0.15, -0.1) is 13.2 Å². The molecule has 0 radical (unpaired) electrons. The fourth-order valence-electron chi connectivity index (χ4n) is 3.12. The molecule has 0 unspecified atom stereocenters. The predicted molar refractivity (Wildman–Crippen MR) is 112 cm³/mol. The number of benzene rings is 2. The molecule has 0 aliphatic heterocycles. The normalized spacial score (nSPS) is 11.2. The Kier molecular flexibility index (Phi) is 6.37. The van der Waals surface area contributed by atoms with Gasteiger partial charge in [0.1, 0.15) is 11.6 Å². The number of nitrogens with two attached hydrogens (primary N) is 1. The molecule has 3 rings (SSSR count). The van der Waals surface area contributed by atoms with Crippen molar-refractivity contribution < 1.29 is 22.7 Å². The molecular formula is C21H19F3N4O4. The molecule has 2 aromatic carbocycles. The maximum atomic E-state index is 13.0. The molecule has 0 saturated carbocycles. The van der Waals surface area contributed by atoms with E-state index in [1.54, 1.807) is 37.3 Å². The molecule has 168 valence electrons. The van der Waals surface area contributed by atoms with Crippen LogP contribution in [0.5, 0.6) is 5.75 Å². The third-order valence-corrected chi connectivity index (χ3v) is 4.56. The molecule has 8 nitrogen and oxygen atoms in total. The lowest BCUT2D eigenvalue weighted by Crippen LogP contribution is -2.41. The standard InChI is InChI=1S/C21H19F3N4O4/c1-2-27(19(30)14-8-10-15(11-9-14)32-21(22,23)24)16-17(25)28(20(31)26-18(16)29)12-13-6-4-3-5-7-13/h3-11H,2,12,25H2,1H3,(H,26,29,31). The van der Waals surface area contributed by atoms with Crippen molar-refractivity contribution in [3.63, 3.8) is 0 Å². The van der Waals surface area contributed by atoms with Crippen molar-refractivity contribution in [3.8, 4) is 5.75 Å². The number of halogens is 3. The summed E-state index contributed by atoms with van der Waals surface area (Å²) in [5.74, 6) is -1.39. The average Bonchev–Trinajstić information content (AvgIpc) is 2.74. The lowest BCUT2D eigenvalue weighted by molar-refractivity contribution is -0.274. The van der Waals surface area contributed by atoms with Crippen molar-refractivity contribution in [1.29, 1.82) is 0 Å². The number of alkyl halides is 3. The van der Waals surface area contributed by atoms with Gasteiger partial charge in [-0.1, -0.05) is 30.3 Å². The van der Waals surface area contributed by atoms with Crippen molar-refractivity contribution in [2.75, 3.05) is 17.2 Å². The second-order valence-electron chi connectivity index (χ2n) is 6.69. The summed E-state index contributed by atoms with van der Waals surface area (Å²) >= 11 is 0. The van der Waals surface area contributed by atoms with Crippen LogP contribution < -0.4 is 26.6 Å². The molecule has 3 N–H and O–H groups in total. The number of carbonyl (C=O) groups excluding carboxylic acids is 1. The summed E-state index contributed by atoms with van der Waals surface area (Å²) in [6.07, 6.45) is -4.87. The van der Waals surface area contributed by atoms with Gasteiger partial charge in [0, 0.05) is 12.1 Å². The molecule has 11 heteroatoms. The first-order chi connectivity index (χ1) is 15.1. The van der Waals surface area contributed by atoms with Crippen LogP contribution in [0.4, 0.5) is 24.7 Å². The van der Waals surface area contributed by atoms with E-state index >= 15 is 0 Å². The predicted octanol–water partition coefficient (Wildman–Crippen LogP) is 2.73. The van der Waals surface area contributed by atoms with E-state index in [1.807, 2.05) is 0 Å². The quantitative estimate of drug-likeness (QED) is 0.603. The van der Waals surface area contributed by atoms with Gasteiger partial charge in [0.15, 0.2) is 5.69 Å². The number of rotatable bonds is 6. The van der Waals surface area contributed by atoms with Crippen molar-refractivity contribution in [2.45, 2.75) is 19.8 Å². The van der Waals surface area contributed by atoms with E-state index in [-0.39, 0.29) is 30.2 Å². The summed E-state index contributed by atoms with van der Waals surface area (Å²) < 4.78 is 41.9. The Hall–Kier alpha value is -4.02. The summed E-state index contributed by atoms with van der Waals surface area (Å²) in [4.78, 5) is 41.1. The molecule has 0 aliphatic carbocycles. The highest BCUT2D eigenvalue weighted by atomic mass is 19.4. The van der Waals surface area contributed by atoms with E-state index in [2.05, 4.69) is 9.72 Å². The number of amides is 1. The molecular weight excluding hydrogens is 429 g/mol. The minimum Gasteiger partial charge on any atom is -0.406 e. The summed E-state index contributed by atoms with van der Waals surface area (Å²) in [7, 11) is 0. The summed E-state index contributed by atoms with van der Waals surface area (Å²) in [6, 6.07) is 13.1. The molecule has 0 fully saturated rings. The number of hydrogen-bond donors (Lipinski definition) is 2. The van der Waals surface area contributed by atoms with Crippen LogP contribution in [0, 0.1) is 0 Å². The number of nitrogens with zero attached hydrogens (tertiary/aromatic N) is 2. The lowest BCUT2D eigenvalue weighted by Gasteiger charge is -2.23. The molecule has 0 saturated heterocycles. The molecule has 32 heavy (non-hydrogen) atoms. The smallest absolute Gasteiger partial charge is 0.406 e. The maximum absolute atomic E-state index is 13.0. The van der Waals surface area contributed by atoms with E-state index in [4.69, 9.17) is 5.73 Å².